The lowest BCUT2D eigenvalue weighted by atomic mass is 9.99. The Bertz CT molecular complexity index is 691. The van der Waals surface area contributed by atoms with Gasteiger partial charge in [-0.15, -0.1) is 0 Å². The molecule has 6 nitrogen and oxygen atoms in total. The number of aliphatic carboxylic acids is 1. The topological polar surface area (TPSA) is 84.2 Å². The van der Waals surface area contributed by atoms with Gasteiger partial charge in [-0.1, -0.05) is 20.3 Å². The summed E-state index contributed by atoms with van der Waals surface area (Å²) >= 11 is 0. The fourth-order valence-corrected chi connectivity index (χ4v) is 2.23. The lowest BCUT2D eigenvalue weighted by Gasteiger charge is -2.20. The number of amides is 1. The Morgan fingerprint density at radius 2 is 1.96 bits per heavy atom. The van der Waals surface area contributed by atoms with Crippen LogP contribution in [0.4, 0.5) is 0 Å². The minimum Gasteiger partial charge on any atom is -0.480 e. The zero-order valence-electron chi connectivity index (χ0n) is 13.5. The van der Waals surface area contributed by atoms with E-state index in [4.69, 9.17) is 0 Å². The molecule has 122 valence electrons. The van der Waals surface area contributed by atoms with E-state index in [2.05, 4.69) is 10.4 Å². The average Bonchev–Trinajstić information content (AvgIpc) is 2.98. The maximum atomic E-state index is 12.2. The van der Waals surface area contributed by atoms with Crippen molar-refractivity contribution < 1.29 is 14.7 Å². The first-order valence-corrected chi connectivity index (χ1v) is 7.57. The molecule has 1 aromatic heterocycles. The standard InChI is InChI=1S/C17H21N3O3/c1-4-12(3)15(17(22)23)19-16(21)13-5-7-14(8-6-13)20-10-11(2)9-18-20/h5-10,12,15H,4H2,1-3H3,(H,19,21)(H,22,23)/t12-,15-/m0/s1. The van der Waals surface area contributed by atoms with Gasteiger partial charge < -0.3 is 10.4 Å². The number of aryl methyl sites for hydroxylation is 1. The molecule has 1 amide bonds. The second kappa shape index (κ2) is 7.09. The van der Waals surface area contributed by atoms with Crippen LogP contribution < -0.4 is 5.32 Å². The smallest absolute Gasteiger partial charge is 0.326 e. The molecule has 0 spiro atoms. The van der Waals surface area contributed by atoms with Gasteiger partial charge in [-0.2, -0.15) is 5.10 Å². The summed E-state index contributed by atoms with van der Waals surface area (Å²) in [6.07, 6.45) is 4.32. The van der Waals surface area contributed by atoms with Gasteiger partial charge in [0.15, 0.2) is 0 Å². The molecule has 2 rings (SSSR count). The van der Waals surface area contributed by atoms with Gasteiger partial charge in [-0.3, -0.25) is 4.79 Å². The third kappa shape index (κ3) is 3.97. The molecule has 0 saturated heterocycles. The van der Waals surface area contributed by atoms with Crippen molar-refractivity contribution in [2.24, 2.45) is 5.92 Å². The van der Waals surface area contributed by atoms with E-state index >= 15 is 0 Å². The number of benzene rings is 1. The van der Waals surface area contributed by atoms with Crippen molar-refractivity contribution in [2.45, 2.75) is 33.2 Å². The highest BCUT2D eigenvalue weighted by Crippen LogP contribution is 2.12. The molecule has 0 aliphatic rings. The SMILES string of the molecule is CC[C@H](C)[C@H](NC(=O)c1ccc(-n2cc(C)cn2)cc1)C(=O)O. The number of nitrogens with one attached hydrogen (secondary N) is 1. The average molecular weight is 315 g/mol. The first-order chi connectivity index (χ1) is 10.9. The number of hydrogen-bond donors (Lipinski definition) is 2. The van der Waals surface area contributed by atoms with Gasteiger partial charge in [-0.05, 0) is 42.7 Å². The summed E-state index contributed by atoms with van der Waals surface area (Å²) in [6, 6.07) is 6.00. The third-order valence-corrected chi connectivity index (χ3v) is 3.87. The summed E-state index contributed by atoms with van der Waals surface area (Å²) in [5.74, 6) is -1.54. The van der Waals surface area contributed by atoms with Gasteiger partial charge in [0.1, 0.15) is 6.04 Å². The molecule has 0 aliphatic heterocycles. The van der Waals surface area contributed by atoms with Crippen LogP contribution in [-0.2, 0) is 4.79 Å². The minimum atomic E-state index is -1.02. The molecule has 2 N–H and O–H groups in total. The monoisotopic (exact) mass is 315 g/mol. The molecule has 2 atom stereocenters. The Labute approximate surface area is 135 Å². The van der Waals surface area contributed by atoms with Crippen molar-refractivity contribution in [3.05, 3.63) is 47.8 Å². The van der Waals surface area contributed by atoms with E-state index in [1.807, 2.05) is 27.0 Å². The fourth-order valence-electron chi connectivity index (χ4n) is 2.23. The fraction of sp³-hybridized carbons (Fsp3) is 0.353. The van der Waals surface area contributed by atoms with Crippen LogP contribution in [0.1, 0.15) is 36.2 Å². The lowest BCUT2D eigenvalue weighted by molar-refractivity contribution is -0.140. The minimum absolute atomic E-state index is 0.136. The molecule has 0 radical (unpaired) electrons. The Morgan fingerprint density at radius 3 is 2.43 bits per heavy atom. The van der Waals surface area contributed by atoms with Crippen LogP contribution in [-0.4, -0.2) is 32.8 Å². The molecule has 0 fully saturated rings. The summed E-state index contributed by atoms with van der Waals surface area (Å²) in [4.78, 5) is 23.5. The largest absolute Gasteiger partial charge is 0.480 e. The van der Waals surface area contributed by atoms with E-state index in [0.29, 0.717) is 12.0 Å². The van der Waals surface area contributed by atoms with Gasteiger partial charge >= 0.3 is 5.97 Å². The van der Waals surface area contributed by atoms with Crippen molar-refractivity contribution in [3.8, 4) is 5.69 Å². The zero-order valence-corrected chi connectivity index (χ0v) is 13.5. The normalized spacial score (nSPS) is 13.3. The first-order valence-electron chi connectivity index (χ1n) is 7.57. The van der Waals surface area contributed by atoms with Crippen LogP contribution in [0.25, 0.3) is 5.69 Å². The van der Waals surface area contributed by atoms with Gasteiger partial charge in [0, 0.05) is 11.8 Å². The van der Waals surface area contributed by atoms with E-state index in [1.54, 1.807) is 35.1 Å². The van der Waals surface area contributed by atoms with Crippen molar-refractivity contribution in [1.82, 2.24) is 15.1 Å². The highest BCUT2D eigenvalue weighted by Gasteiger charge is 2.25. The van der Waals surface area contributed by atoms with E-state index in [1.165, 1.54) is 0 Å². The van der Waals surface area contributed by atoms with Crippen LogP contribution in [0.5, 0.6) is 0 Å². The number of carbonyl (C=O) groups is 2. The number of carboxylic acids is 1. The van der Waals surface area contributed by atoms with Crippen LogP contribution in [0, 0.1) is 12.8 Å². The van der Waals surface area contributed by atoms with Gasteiger partial charge in [-0.25, -0.2) is 9.48 Å². The molecule has 23 heavy (non-hydrogen) atoms. The first kappa shape index (κ1) is 16.7. The summed E-state index contributed by atoms with van der Waals surface area (Å²) in [6.45, 7) is 5.65. The Hall–Kier alpha value is -2.63. The maximum Gasteiger partial charge on any atom is 0.326 e. The molecule has 1 aromatic carbocycles. The molecule has 6 heteroatoms. The summed E-state index contributed by atoms with van der Waals surface area (Å²) in [7, 11) is 0. The number of nitrogens with zero attached hydrogens (tertiary/aromatic N) is 2. The molecule has 0 bridgehead atoms. The highest BCUT2D eigenvalue weighted by molar-refractivity contribution is 5.96. The summed E-state index contributed by atoms with van der Waals surface area (Å²) in [5, 5.41) is 16.0. The highest BCUT2D eigenvalue weighted by atomic mass is 16.4. The summed E-state index contributed by atoms with van der Waals surface area (Å²) in [5.41, 5.74) is 2.31. The predicted octanol–water partition coefficient (Wildman–Crippen LogP) is 2.41. The molecular weight excluding hydrogens is 294 g/mol. The van der Waals surface area contributed by atoms with Crippen LogP contribution >= 0.6 is 0 Å². The Balaban J connectivity index is 2.12. The van der Waals surface area contributed by atoms with Gasteiger partial charge in [0.25, 0.3) is 5.91 Å². The second-order valence-electron chi connectivity index (χ2n) is 5.68. The molecular formula is C17H21N3O3. The Morgan fingerprint density at radius 1 is 1.30 bits per heavy atom. The third-order valence-electron chi connectivity index (χ3n) is 3.87. The van der Waals surface area contributed by atoms with Crippen molar-refractivity contribution in [2.75, 3.05) is 0 Å². The van der Waals surface area contributed by atoms with Crippen molar-refractivity contribution >= 4 is 11.9 Å². The van der Waals surface area contributed by atoms with E-state index in [-0.39, 0.29) is 11.8 Å². The molecule has 0 unspecified atom stereocenters. The van der Waals surface area contributed by atoms with E-state index in [9.17, 15) is 14.7 Å². The number of rotatable bonds is 6. The lowest BCUT2D eigenvalue weighted by Crippen LogP contribution is -2.45. The van der Waals surface area contributed by atoms with E-state index in [0.717, 1.165) is 11.3 Å². The molecule has 2 aromatic rings. The molecule has 1 heterocycles. The number of aromatic nitrogens is 2. The number of hydrogen-bond acceptors (Lipinski definition) is 3. The quantitative estimate of drug-likeness (QED) is 0.857. The maximum absolute atomic E-state index is 12.2. The predicted molar refractivity (Wildman–Crippen MR) is 86.6 cm³/mol. The van der Waals surface area contributed by atoms with Crippen LogP contribution in [0.15, 0.2) is 36.7 Å². The zero-order chi connectivity index (χ0) is 17.0. The van der Waals surface area contributed by atoms with Gasteiger partial charge in [0.2, 0.25) is 0 Å². The van der Waals surface area contributed by atoms with E-state index < -0.39 is 12.0 Å². The second-order valence-corrected chi connectivity index (χ2v) is 5.68. The van der Waals surface area contributed by atoms with Crippen LogP contribution in [0.3, 0.4) is 0 Å². The summed E-state index contributed by atoms with van der Waals surface area (Å²) < 4.78 is 1.72. The van der Waals surface area contributed by atoms with Crippen molar-refractivity contribution in [1.29, 1.82) is 0 Å². The van der Waals surface area contributed by atoms with Crippen LogP contribution in [0.2, 0.25) is 0 Å². The molecule has 0 saturated carbocycles. The number of carbonyl (C=O) groups excluding carboxylic acids is 1. The Kier molecular flexibility index (Phi) is 5.16. The molecule has 0 aliphatic carbocycles. The van der Waals surface area contributed by atoms with Crippen molar-refractivity contribution in [3.63, 3.8) is 0 Å². The number of carboxylic acid groups (broad SMARTS) is 1. The van der Waals surface area contributed by atoms with Gasteiger partial charge in [0.05, 0.1) is 11.9 Å².